The molecule has 2 aliphatic rings. The van der Waals surface area contributed by atoms with E-state index in [0.717, 1.165) is 35.5 Å². The normalized spacial score (nSPS) is 27.0. The van der Waals surface area contributed by atoms with Gasteiger partial charge in [-0.3, -0.25) is 9.69 Å². The molecule has 2 fully saturated rings. The zero-order chi connectivity index (χ0) is 15.1. The van der Waals surface area contributed by atoms with E-state index in [1.807, 2.05) is 11.4 Å². The third-order valence-electron chi connectivity index (χ3n) is 4.92. The predicted octanol–water partition coefficient (Wildman–Crippen LogP) is 3.23. The van der Waals surface area contributed by atoms with Crippen LogP contribution in [-0.4, -0.2) is 36.2 Å². The first kappa shape index (κ1) is 14.2. The molecule has 3 heterocycles. The van der Waals surface area contributed by atoms with Crippen LogP contribution in [0.1, 0.15) is 37.4 Å². The molecule has 1 aliphatic heterocycles. The highest BCUT2D eigenvalue weighted by Gasteiger charge is 2.52. The lowest BCUT2D eigenvalue weighted by atomic mass is 10.0. The number of rotatable bonds is 4. The Labute approximate surface area is 133 Å². The molecule has 2 aromatic heterocycles. The van der Waals surface area contributed by atoms with Crippen LogP contribution in [-0.2, 0) is 9.53 Å². The van der Waals surface area contributed by atoms with Gasteiger partial charge in [0.2, 0.25) is 0 Å². The van der Waals surface area contributed by atoms with Crippen molar-refractivity contribution >= 4 is 27.6 Å². The second-order valence-corrected chi connectivity index (χ2v) is 7.17. The lowest BCUT2D eigenvalue weighted by molar-refractivity contribution is -0.142. The molecular weight excluding hydrogens is 300 g/mol. The highest BCUT2D eigenvalue weighted by molar-refractivity contribution is 7.17. The standard InChI is InChI=1S/C16H20N2O3S/c1-20-16(19)11-9-10(11)14(18-6-3-2-4-7-18)13-15-12(21-17-13)5-8-22-15/h5,8,10-11,14H,2-4,6-7,9H2,1H3. The lowest BCUT2D eigenvalue weighted by Gasteiger charge is -2.33. The molecule has 5 nitrogen and oxygen atoms in total. The van der Waals surface area contributed by atoms with Gasteiger partial charge in [-0.2, -0.15) is 0 Å². The van der Waals surface area contributed by atoms with Gasteiger partial charge in [0.25, 0.3) is 0 Å². The van der Waals surface area contributed by atoms with Gasteiger partial charge in [-0.1, -0.05) is 11.6 Å². The van der Waals surface area contributed by atoms with E-state index in [0.29, 0.717) is 5.92 Å². The number of piperidine rings is 1. The number of likely N-dealkylation sites (tertiary alicyclic amines) is 1. The van der Waals surface area contributed by atoms with Gasteiger partial charge >= 0.3 is 5.97 Å². The highest BCUT2D eigenvalue weighted by atomic mass is 32.1. The van der Waals surface area contributed by atoms with Crippen molar-refractivity contribution in [3.05, 3.63) is 17.1 Å². The molecule has 0 spiro atoms. The second-order valence-electron chi connectivity index (χ2n) is 6.25. The number of carbonyl (C=O) groups is 1. The summed E-state index contributed by atoms with van der Waals surface area (Å²) in [7, 11) is 1.47. The zero-order valence-electron chi connectivity index (χ0n) is 12.7. The van der Waals surface area contributed by atoms with Crippen molar-refractivity contribution in [3.8, 4) is 0 Å². The molecule has 22 heavy (non-hydrogen) atoms. The fourth-order valence-electron chi connectivity index (χ4n) is 3.71. The number of hydrogen-bond donors (Lipinski definition) is 0. The van der Waals surface area contributed by atoms with Crippen molar-refractivity contribution in [2.75, 3.05) is 20.2 Å². The SMILES string of the molecule is COC(=O)C1CC1C(c1noc2ccsc12)N1CCCCC1. The monoisotopic (exact) mass is 320 g/mol. The molecule has 0 N–H and O–H groups in total. The van der Waals surface area contributed by atoms with E-state index in [4.69, 9.17) is 9.26 Å². The third-order valence-corrected chi connectivity index (χ3v) is 5.84. The van der Waals surface area contributed by atoms with Gasteiger partial charge < -0.3 is 9.26 Å². The molecule has 6 heteroatoms. The van der Waals surface area contributed by atoms with E-state index in [2.05, 4.69) is 10.1 Å². The van der Waals surface area contributed by atoms with E-state index < -0.39 is 0 Å². The Kier molecular flexibility index (Phi) is 3.66. The fraction of sp³-hybridized carbons (Fsp3) is 0.625. The van der Waals surface area contributed by atoms with Crippen LogP contribution in [0.25, 0.3) is 10.3 Å². The van der Waals surface area contributed by atoms with Crippen molar-refractivity contribution in [3.63, 3.8) is 0 Å². The number of carbonyl (C=O) groups excluding carboxylic acids is 1. The van der Waals surface area contributed by atoms with Gasteiger partial charge in [-0.15, -0.1) is 11.3 Å². The van der Waals surface area contributed by atoms with Crippen LogP contribution < -0.4 is 0 Å². The number of nitrogens with zero attached hydrogens (tertiary/aromatic N) is 2. The maximum atomic E-state index is 11.9. The van der Waals surface area contributed by atoms with E-state index in [-0.39, 0.29) is 17.9 Å². The van der Waals surface area contributed by atoms with Gasteiger partial charge in [-0.25, -0.2) is 0 Å². The number of thiophene rings is 1. The molecule has 2 aromatic rings. The van der Waals surface area contributed by atoms with Gasteiger partial charge in [0.15, 0.2) is 5.58 Å². The van der Waals surface area contributed by atoms with Gasteiger partial charge in [0.1, 0.15) is 5.69 Å². The average molecular weight is 320 g/mol. The van der Waals surface area contributed by atoms with Crippen LogP contribution in [0.5, 0.6) is 0 Å². The number of hydrogen-bond acceptors (Lipinski definition) is 6. The molecule has 0 aromatic carbocycles. The summed E-state index contributed by atoms with van der Waals surface area (Å²) in [6.07, 6.45) is 4.63. The zero-order valence-corrected chi connectivity index (χ0v) is 13.5. The number of fused-ring (bicyclic) bond motifs is 1. The number of esters is 1. The van der Waals surface area contributed by atoms with Crippen LogP contribution >= 0.6 is 11.3 Å². The largest absolute Gasteiger partial charge is 0.469 e. The highest BCUT2D eigenvalue weighted by Crippen LogP contribution is 2.52. The molecule has 0 amide bonds. The molecule has 1 saturated heterocycles. The van der Waals surface area contributed by atoms with Crippen LogP contribution in [0.4, 0.5) is 0 Å². The number of ether oxygens (including phenoxy) is 1. The summed E-state index contributed by atoms with van der Waals surface area (Å²) in [6.45, 7) is 2.16. The second kappa shape index (κ2) is 5.66. The van der Waals surface area contributed by atoms with Crippen LogP contribution in [0.2, 0.25) is 0 Å². The smallest absolute Gasteiger partial charge is 0.309 e. The van der Waals surface area contributed by atoms with Crippen molar-refractivity contribution in [1.29, 1.82) is 0 Å². The molecule has 1 aliphatic carbocycles. The topological polar surface area (TPSA) is 55.6 Å². The summed E-state index contributed by atoms with van der Waals surface area (Å²) in [5.41, 5.74) is 1.88. The summed E-state index contributed by atoms with van der Waals surface area (Å²) in [5.74, 6) is 0.238. The minimum Gasteiger partial charge on any atom is -0.469 e. The molecule has 0 radical (unpaired) electrons. The molecule has 0 bridgehead atoms. The van der Waals surface area contributed by atoms with Crippen LogP contribution in [0.3, 0.4) is 0 Å². The number of aromatic nitrogens is 1. The summed E-state index contributed by atoms with van der Waals surface area (Å²) in [5, 5.41) is 6.39. The maximum Gasteiger partial charge on any atom is 0.309 e. The molecule has 3 atom stereocenters. The van der Waals surface area contributed by atoms with Crippen molar-refractivity contribution in [2.45, 2.75) is 31.7 Å². The van der Waals surface area contributed by atoms with Crippen molar-refractivity contribution in [2.24, 2.45) is 11.8 Å². The summed E-state index contributed by atoms with van der Waals surface area (Å²) >= 11 is 1.67. The first-order valence-electron chi connectivity index (χ1n) is 7.94. The van der Waals surface area contributed by atoms with E-state index >= 15 is 0 Å². The summed E-state index contributed by atoms with van der Waals surface area (Å²) in [6, 6.07) is 2.15. The lowest BCUT2D eigenvalue weighted by Crippen LogP contribution is -2.35. The summed E-state index contributed by atoms with van der Waals surface area (Å²) < 4.78 is 11.5. The Hall–Kier alpha value is -1.40. The average Bonchev–Trinajstić information content (AvgIpc) is 3.01. The third kappa shape index (κ3) is 2.34. The minimum atomic E-state index is -0.0853. The fourth-order valence-corrected chi connectivity index (χ4v) is 4.54. The molecule has 3 unspecified atom stereocenters. The first-order chi connectivity index (χ1) is 10.8. The van der Waals surface area contributed by atoms with Gasteiger partial charge in [-0.05, 0) is 49.7 Å². The van der Waals surface area contributed by atoms with Gasteiger partial charge in [0, 0.05) is 0 Å². The predicted molar refractivity (Wildman–Crippen MR) is 83.7 cm³/mol. The quantitative estimate of drug-likeness (QED) is 0.810. The van der Waals surface area contributed by atoms with Crippen molar-refractivity contribution in [1.82, 2.24) is 10.1 Å². The maximum absolute atomic E-state index is 11.9. The Morgan fingerprint density at radius 1 is 1.45 bits per heavy atom. The first-order valence-corrected chi connectivity index (χ1v) is 8.82. The minimum absolute atomic E-state index is 0.0173. The Bertz CT molecular complexity index is 674. The Morgan fingerprint density at radius 2 is 2.27 bits per heavy atom. The number of methoxy groups -OCH3 is 1. The summed E-state index contributed by atoms with van der Waals surface area (Å²) in [4.78, 5) is 14.4. The van der Waals surface area contributed by atoms with Gasteiger partial charge in [0.05, 0.1) is 23.8 Å². The van der Waals surface area contributed by atoms with E-state index in [1.165, 1.54) is 26.4 Å². The van der Waals surface area contributed by atoms with Crippen molar-refractivity contribution < 1.29 is 14.1 Å². The molecule has 118 valence electrons. The van der Waals surface area contributed by atoms with Crippen LogP contribution in [0.15, 0.2) is 16.0 Å². The molecular formula is C16H20N2O3S. The Balaban J connectivity index is 1.66. The molecule has 1 saturated carbocycles. The van der Waals surface area contributed by atoms with Crippen LogP contribution in [0, 0.1) is 11.8 Å². The molecule has 4 rings (SSSR count). The Morgan fingerprint density at radius 3 is 3.05 bits per heavy atom. The van der Waals surface area contributed by atoms with E-state index in [1.54, 1.807) is 11.3 Å². The van der Waals surface area contributed by atoms with E-state index in [9.17, 15) is 4.79 Å².